The van der Waals surface area contributed by atoms with E-state index in [-0.39, 0.29) is 11.8 Å². The van der Waals surface area contributed by atoms with Crippen LogP contribution >= 0.6 is 11.3 Å². The van der Waals surface area contributed by atoms with Crippen molar-refractivity contribution in [3.63, 3.8) is 0 Å². The zero-order valence-corrected chi connectivity index (χ0v) is 14.3. The zero-order chi connectivity index (χ0) is 16.4. The molecule has 0 bridgehead atoms. The Labute approximate surface area is 139 Å². The fourth-order valence-corrected chi connectivity index (χ4v) is 3.97. The lowest BCUT2D eigenvalue weighted by Crippen LogP contribution is -2.47. The number of carbonyl (C=O) groups is 2. The number of nitrogens with one attached hydrogen (secondary N) is 1. The molecule has 2 amide bonds. The van der Waals surface area contributed by atoms with Gasteiger partial charge in [0.25, 0.3) is 5.91 Å². The summed E-state index contributed by atoms with van der Waals surface area (Å²) in [5.74, 6) is 0.200. The number of anilines is 1. The molecule has 1 aromatic heterocycles. The predicted molar refractivity (Wildman–Crippen MR) is 87.7 cm³/mol. The first-order valence-electron chi connectivity index (χ1n) is 7.89. The molecule has 2 aliphatic heterocycles. The van der Waals surface area contributed by atoms with Crippen LogP contribution in [0.2, 0.25) is 0 Å². The Bertz CT molecular complexity index is 585. The van der Waals surface area contributed by atoms with Crippen LogP contribution in [0, 0.1) is 5.92 Å². The monoisotopic (exact) mass is 338 g/mol. The van der Waals surface area contributed by atoms with Gasteiger partial charge in [0.2, 0.25) is 5.91 Å². The highest BCUT2D eigenvalue weighted by molar-refractivity contribution is 7.14. The third kappa shape index (κ3) is 3.70. The van der Waals surface area contributed by atoms with Crippen molar-refractivity contribution in [2.24, 2.45) is 5.92 Å². The van der Waals surface area contributed by atoms with Gasteiger partial charge >= 0.3 is 0 Å². The maximum absolute atomic E-state index is 12.6. The first kappa shape index (κ1) is 16.4. The van der Waals surface area contributed by atoms with E-state index >= 15 is 0 Å². The van der Waals surface area contributed by atoms with Crippen LogP contribution in [-0.4, -0.2) is 72.0 Å². The molecule has 126 valence electrons. The van der Waals surface area contributed by atoms with Gasteiger partial charge < -0.3 is 15.0 Å². The molecule has 3 rings (SSSR count). The molecule has 0 spiro atoms. The van der Waals surface area contributed by atoms with Gasteiger partial charge in [-0.3, -0.25) is 14.5 Å². The van der Waals surface area contributed by atoms with Crippen molar-refractivity contribution in [1.82, 2.24) is 14.8 Å². The van der Waals surface area contributed by atoms with Gasteiger partial charge in [-0.25, -0.2) is 4.98 Å². The van der Waals surface area contributed by atoms with Crippen molar-refractivity contribution in [2.75, 3.05) is 44.7 Å². The van der Waals surface area contributed by atoms with Gasteiger partial charge in [-0.2, -0.15) is 0 Å². The number of hydrogen-bond donors (Lipinski definition) is 1. The van der Waals surface area contributed by atoms with E-state index in [4.69, 9.17) is 4.74 Å². The Hall–Kier alpha value is -1.51. The largest absolute Gasteiger partial charge is 0.379 e. The van der Waals surface area contributed by atoms with Crippen LogP contribution in [0.15, 0.2) is 5.38 Å². The van der Waals surface area contributed by atoms with Crippen LogP contribution in [-0.2, 0) is 9.53 Å². The summed E-state index contributed by atoms with van der Waals surface area (Å²) in [5.41, 5.74) is 0.411. The van der Waals surface area contributed by atoms with Gasteiger partial charge in [-0.1, -0.05) is 6.92 Å². The number of nitrogens with zero attached hydrogens (tertiary/aromatic N) is 3. The minimum atomic E-state index is -0.180. The quantitative estimate of drug-likeness (QED) is 0.886. The van der Waals surface area contributed by atoms with E-state index in [0.717, 1.165) is 39.4 Å². The molecule has 0 unspecified atom stereocenters. The molecule has 0 saturated carbocycles. The molecule has 2 saturated heterocycles. The molecule has 1 aromatic rings. The number of rotatable bonds is 3. The molecule has 1 N–H and O–H groups in total. The van der Waals surface area contributed by atoms with E-state index in [9.17, 15) is 9.59 Å². The maximum Gasteiger partial charge on any atom is 0.273 e. The Kier molecular flexibility index (Phi) is 4.93. The van der Waals surface area contributed by atoms with Gasteiger partial charge in [0.05, 0.1) is 13.2 Å². The summed E-state index contributed by atoms with van der Waals surface area (Å²) in [6.45, 7) is 8.49. The van der Waals surface area contributed by atoms with Crippen LogP contribution in [0.4, 0.5) is 5.13 Å². The summed E-state index contributed by atoms with van der Waals surface area (Å²) in [4.78, 5) is 32.2. The first-order valence-corrected chi connectivity index (χ1v) is 8.76. The number of morpholine rings is 1. The van der Waals surface area contributed by atoms with E-state index in [1.807, 2.05) is 4.90 Å². The molecule has 2 fully saturated rings. The Morgan fingerprint density at radius 1 is 1.35 bits per heavy atom. The summed E-state index contributed by atoms with van der Waals surface area (Å²) in [6, 6.07) is 0.385. The highest BCUT2D eigenvalue weighted by Crippen LogP contribution is 2.25. The third-order valence-electron chi connectivity index (χ3n) is 4.38. The average Bonchev–Trinajstić information content (AvgIpc) is 3.14. The van der Waals surface area contributed by atoms with Crippen molar-refractivity contribution in [1.29, 1.82) is 0 Å². The molecule has 2 aliphatic rings. The van der Waals surface area contributed by atoms with Gasteiger partial charge in [0.15, 0.2) is 5.13 Å². The fraction of sp³-hybridized carbons (Fsp3) is 0.667. The number of thiazole rings is 1. The lowest BCUT2D eigenvalue weighted by atomic mass is 10.0. The number of hydrogen-bond acceptors (Lipinski definition) is 6. The second kappa shape index (κ2) is 6.94. The lowest BCUT2D eigenvalue weighted by molar-refractivity contribution is -0.114. The Morgan fingerprint density at radius 3 is 2.78 bits per heavy atom. The van der Waals surface area contributed by atoms with Crippen molar-refractivity contribution in [3.8, 4) is 0 Å². The molecule has 2 atom stereocenters. The van der Waals surface area contributed by atoms with Gasteiger partial charge in [0, 0.05) is 44.5 Å². The van der Waals surface area contributed by atoms with Crippen molar-refractivity contribution < 1.29 is 14.3 Å². The van der Waals surface area contributed by atoms with E-state index in [2.05, 4.69) is 22.1 Å². The molecule has 7 nitrogen and oxygen atoms in total. The van der Waals surface area contributed by atoms with Crippen molar-refractivity contribution in [2.45, 2.75) is 19.9 Å². The van der Waals surface area contributed by atoms with Gasteiger partial charge in [-0.05, 0) is 5.92 Å². The Balaban J connectivity index is 1.64. The van der Waals surface area contributed by atoms with Gasteiger partial charge in [-0.15, -0.1) is 11.3 Å². The highest BCUT2D eigenvalue weighted by atomic mass is 32.1. The smallest absolute Gasteiger partial charge is 0.273 e. The molecule has 0 aromatic carbocycles. The predicted octanol–water partition coefficient (Wildman–Crippen LogP) is 0.894. The zero-order valence-electron chi connectivity index (χ0n) is 13.4. The minimum Gasteiger partial charge on any atom is -0.379 e. The third-order valence-corrected chi connectivity index (χ3v) is 5.14. The molecule has 0 radical (unpaired) electrons. The highest BCUT2D eigenvalue weighted by Gasteiger charge is 2.37. The summed E-state index contributed by atoms with van der Waals surface area (Å²) in [6.07, 6.45) is 0. The second-order valence-electron chi connectivity index (χ2n) is 6.12. The lowest BCUT2D eigenvalue weighted by Gasteiger charge is -2.33. The van der Waals surface area contributed by atoms with Gasteiger partial charge in [0.1, 0.15) is 5.69 Å². The normalized spacial score (nSPS) is 25.6. The fourth-order valence-electron chi connectivity index (χ4n) is 3.24. The number of carbonyl (C=O) groups excluding carboxylic acids is 2. The molecular formula is C15H22N4O3S. The minimum absolute atomic E-state index is 0.0551. The van der Waals surface area contributed by atoms with Crippen LogP contribution in [0.1, 0.15) is 24.3 Å². The van der Waals surface area contributed by atoms with Crippen LogP contribution < -0.4 is 5.32 Å². The van der Waals surface area contributed by atoms with Crippen molar-refractivity contribution in [3.05, 3.63) is 11.1 Å². The second-order valence-corrected chi connectivity index (χ2v) is 6.98. The molecule has 0 aliphatic carbocycles. The molecule has 3 heterocycles. The SMILES string of the molecule is CC(=O)Nc1nc(C(=O)N2C[C@@H](N3CCOCC3)[C@@H](C)C2)cs1. The summed E-state index contributed by atoms with van der Waals surface area (Å²) < 4.78 is 5.41. The number of aromatic nitrogens is 1. The number of likely N-dealkylation sites (tertiary alicyclic amines) is 1. The van der Waals surface area contributed by atoms with E-state index < -0.39 is 0 Å². The van der Waals surface area contributed by atoms with E-state index in [1.54, 1.807) is 5.38 Å². The van der Waals surface area contributed by atoms with Crippen LogP contribution in [0.3, 0.4) is 0 Å². The Morgan fingerprint density at radius 2 is 2.09 bits per heavy atom. The topological polar surface area (TPSA) is 74.8 Å². The molecular weight excluding hydrogens is 316 g/mol. The summed E-state index contributed by atoms with van der Waals surface area (Å²) >= 11 is 1.28. The van der Waals surface area contributed by atoms with E-state index in [1.165, 1.54) is 18.3 Å². The maximum atomic E-state index is 12.6. The molecule has 8 heteroatoms. The molecule has 23 heavy (non-hydrogen) atoms. The standard InChI is InChI=1S/C15H22N4O3S/c1-10-7-19(8-13(10)18-3-5-22-6-4-18)14(21)12-9-23-15(17-12)16-11(2)20/h9-10,13H,3-8H2,1-2H3,(H,16,17,20)/t10-,13+/m0/s1. The first-order chi connectivity index (χ1) is 11.0. The van der Waals surface area contributed by atoms with Crippen LogP contribution in [0.5, 0.6) is 0 Å². The number of amides is 2. The van der Waals surface area contributed by atoms with Crippen LogP contribution in [0.25, 0.3) is 0 Å². The summed E-state index contributed by atoms with van der Waals surface area (Å²) in [5, 5.41) is 4.79. The average molecular weight is 338 g/mol. The number of ether oxygens (including phenoxy) is 1. The summed E-state index contributed by atoms with van der Waals surface area (Å²) in [7, 11) is 0. The van der Waals surface area contributed by atoms with Crippen molar-refractivity contribution >= 4 is 28.3 Å². The van der Waals surface area contributed by atoms with E-state index in [0.29, 0.717) is 22.8 Å².